The maximum atomic E-state index is 12.5. The van der Waals surface area contributed by atoms with Crippen LogP contribution in [-0.4, -0.2) is 42.4 Å². The van der Waals surface area contributed by atoms with Gasteiger partial charge in [0.25, 0.3) is 0 Å². The van der Waals surface area contributed by atoms with E-state index in [2.05, 4.69) is 15.7 Å². The molecule has 0 spiro atoms. The zero-order valence-electron chi connectivity index (χ0n) is 14.6. The van der Waals surface area contributed by atoms with E-state index < -0.39 is 0 Å². The van der Waals surface area contributed by atoms with Gasteiger partial charge >= 0.3 is 0 Å². The van der Waals surface area contributed by atoms with Crippen LogP contribution in [0.2, 0.25) is 0 Å². The van der Waals surface area contributed by atoms with Gasteiger partial charge < -0.3 is 15.4 Å². The average molecular weight is 365 g/mol. The van der Waals surface area contributed by atoms with Crippen molar-refractivity contribution >= 4 is 18.3 Å². The smallest absolute Gasteiger partial charge is 0.225 e. The van der Waals surface area contributed by atoms with Crippen LogP contribution < -0.4 is 15.4 Å². The second kappa shape index (κ2) is 8.87. The fourth-order valence-electron chi connectivity index (χ4n) is 3.23. The quantitative estimate of drug-likeness (QED) is 0.815. The largest absolute Gasteiger partial charge is 0.497 e. The Bertz CT molecular complexity index is 704. The van der Waals surface area contributed by atoms with Crippen molar-refractivity contribution < 1.29 is 9.53 Å². The molecule has 1 aliphatic rings. The van der Waals surface area contributed by atoms with Gasteiger partial charge in [0.15, 0.2) is 0 Å². The molecule has 1 saturated heterocycles. The highest BCUT2D eigenvalue weighted by molar-refractivity contribution is 5.85. The number of carbonyl (C=O) groups is 1. The molecule has 1 aromatic heterocycles. The Kier molecular flexibility index (Phi) is 6.84. The highest BCUT2D eigenvalue weighted by atomic mass is 35.5. The maximum Gasteiger partial charge on any atom is 0.225 e. The third-order valence-electron chi connectivity index (χ3n) is 4.55. The molecule has 2 heterocycles. The molecule has 1 fully saturated rings. The van der Waals surface area contributed by atoms with E-state index in [0.29, 0.717) is 13.1 Å². The molecule has 7 heteroatoms. The number of carbonyl (C=O) groups excluding carboxylic acids is 1. The minimum Gasteiger partial charge on any atom is -0.497 e. The van der Waals surface area contributed by atoms with Gasteiger partial charge in [-0.1, -0.05) is 12.1 Å². The SMILES string of the molecule is COc1cccc(CCNC(=O)[C@H]2CNC[C@@H]2c2cnn(C)c2)c1.Cl. The topological polar surface area (TPSA) is 68.2 Å². The van der Waals surface area contributed by atoms with Crippen LogP contribution in [0.3, 0.4) is 0 Å². The van der Waals surface area contributed by atoms with Crippen LogP contribution in [0.1, 0.15) is 17.0 Å². The van der Waals surface area contributed by atoms with Crippen LogP contribution >= 0.6 is 12.4 Å². The Morgan fingerprint density at radius 2 is 2.28 bits per heavy atom. The first-order valence-corrected chi connectivity index (χ1v) is 8.27. The summed E-state index contributed by atoms with van der Waals surface area (Å²) in [5, 5.41) is 10.6. The molecule has 1 aromatic carbocycles. The van der Waals surface area contributed by atoms with Gasteiger partial charge in [0.05, 0.1) is 19.2 Å². The van der Waals surface area contributed by atoms with Gasteiger partial charge in [-0.05, 0) is 29.7 Å². The van der Waals surface area contributed by atoms with Crippen LogP contribution in [-0.2, 0) is 18.3 Å². The van der Waals surface area contributed by atoms with Crippen molar-refractivity contribution in [3.05, 3.63) is 47.8 Å². The minimum atomic E-state index is -0.0421. The van der Waals surface area contributed by atoms with Gasteiger partial charge in [-0.2, -0.15) is 5.10 Å². The highest BCUT2D eigenvalue weighted by Crippen LogP contribution is 2.27. The van der Waals surface area contributed by atoms with Crippen LogP contribution in [0.25, 0.3) is 0 Å². The summed E-state index contributed by atoms with van der Waals surface area (Å²) >= 11 is 0. The number of ether oxygens (including phenoxy) is 1. The van der Waals surface area contributed by atoms with Crippen LogP contribution in [0.4, 0.5) is 0 Å². The molecule has 0 unspecified atom stereocenters. The van der Waals surface area contributed by atoms with Crippen molar-refractivity contribution in [2.45, 2.75) is 12.3 Å². The maximum absolute atomic E-state index is 12.5. The summed E-state index contributed by atoms with van der Waals surface area (Å²) in [7, 11) is 3.56. The molecule has 1 aliphatic heterocycles. The number of aryl methyl sites for hydroxylation is 1. The third-order valence-corrected chi connectivity index (χ3v) is 4.55. The average Bonchev–Trinajstić information content (AvgIpc) is 3.23. The Morgan fingerprint density at radius 3 is 3.00 bits per heavy atom. The van der Waals surface area contributed by atoms with Gasteiger partial charge in [0.2, 0.25) is 5.91 Å². The molecule has 2 N–H and O–H groups in total. The summed E-state index contributed by atoms with van der Waals surface area (Å²) in [5.74, 6) is 1.10. The first kappa shape index (κ1) is 19.3. The number of aromatic nitrogens is 2. The number of benzene rings is 1. The first-order chi connectivity index (χ1) is 11.7. The van der Waals surface area contributed by atoms with E-state index in [1.54, 1.807) is 11.8 Å². The standard InChI is InChI=1S/C18H24N4O2.ClH/c1-22-12-14(9-21-22)16-10-19-11-17(16)18(23)20-7-6-13-4-3-5-15(8-13)24-2;/h3-5,8-9,12,16-17,19H,6-7,10-11H2,1-2H3,(H,20,23);1H/t16-,17+;/m1./s1. The first-order valence-electron chi connectivity index (χ1n) is 8.27. The monoisotopic (exact) mass is 364 g/mol. The van der Waals surface area contributed by atoms with Crippen molar-refractivity contribution in [3.8, 4) is 5.75 Å². The Balaban J connectivity index is 0.00000225. The lowest BCUT2D eigenvalue weighted by molar-refractivity contribution is -0.124. The van der Waals surface area contributed by atoms with Crippen molar-refractivity contribution in [3.63, 3.8) is 0 Å². The van der Waals surface area contributed by atoms with Crippen molar-refractivity contribution in [1.82, 2.24) is 20.4 Å². The van der Waals surface area contributed by atoms with E-state index >= 15 is 0 Å². The molecule has 2 aromatic rings. The van der Waals surface area contributed by atoms with Gasteiger partial charge in [-0.25, -0.2) is 0 Å². The summed E-state index contributed by atoms with van der Waals surface area (Å²) in [4.78, 5) is 12.5. The van der Waals surface area contributed by atoms with Gasteiger partial charge in [-0.15, -0.1) is 12.4 Å². The number of nitrogens with zero attached hydrogens (tertiary/aromatic N) is 2. The molecule has 0 bridgehead atoms. The van der Waals surface area contributed by atoms with Crippen LogP contribution in [0.15, 0.2) is 36.7 Å². The van der Waals surface area contributed by atoms with Gasteiger partial charge in [-0.3, -0.25) is 9.48 Å². The van der Waals surface area contributed by atoms with E-state index in [-0.39, 0.29) is 30.2 Å². The molecule has 0 saturated carbocycles. The lowest BCUT2D eigenvalue weighted by atomic mass is 9.90. The third kappa shape index (κ3) is 4.74. The summed E-state index contributed by atoms with van der Waals surface area (Å²) in [6, 6.07) is 7.94. The minimum absolute atomic E-state index is 0. The second-order valence-corrected chi connectivity index (χ2v) is 6.21. The lowest BCUT2D eigenvalue weighted by Gasteiger charge is -2.17. The van der Waals surface area contributed by atoms with E-state index in [0.717, 1.165) is 29.8 Å². The van der Waals surface area contributed by atoms with E-state index in [9.17, 15) is 4.79 Å². The Hall–Kier alpha value is -2.05. The Morgan fingerprint density at radius 1 is 1.44 bits per heavy atom. The van der Waals surface area contributed by atoms with E-state index in [4.69, 9.17) is 4.74 Å². The molecule has 25 heavy (non-hydrogen) atoms. The summed E-state index contributed by atoms with van der Waals surface area (Å²) < 4.78 is 7.01. The molecule has 0 radical (unpaired) electrons. The number of methoxy groups -OCH3 is 1. The zero-order valence-corrected chi connectivity index (χ0v) is 15.4. The molecular weight excluding hydrogens is 340 g/mol. The predicted molar refractivity (Wildman–Crippen MR) is 99.3 cm³/mol. The number of hydrogen-bond donors (Lipinski definition) is 2. The molecule has 136 valence electrons. The van der Waals surface area contributed by atoms with Crippen molar-refractivity contribution in [1.29, 1.82) is 0 Å². The molecule has 0 aliphatic carbocycles. The molecule has 6 nitrogen and oxygen atoms in total. The zero-order chi connectivity index (χ0) is 16.9. The van der Waals surface area contributed by atoms with Crippen LogP contribution in [0, 0.1) is 5.92 Å². The fraction of sp³-hybridized carbons (Fsp3) is 0.444. The number of hydrogen-bond acceptors (Lipinski definition) is 4. The number of halogens is 1. The molecule has 2 atom stereocenters. The molecular formula is C18H25ClN4O2. The predicted octanol–water partition coefficient (Wildman–Crippen LogP) is 1.51. The lowest BCUT2D eigenvalue weighted by Crippen LogP contribution is -2.35. The summed E-state index contributed by atoms with van der Waals surface area (Å²) in [6.07, 6.45) is 4.64. The van der Waals surface area contributed by atoms with E-state index in [1.807, 2.05) is 43.7 Å². The highest BCUT2D eigenvalue weighted by Gasteiger charge is 2.34. The van der Waals surface area contributed by atoms with Crippen molar-refractivity contribution in [2.75, 3.05) is 26.7 Å². The molecule has 3 rings (SSSR count). The fourth-order valence-corrected chi connectivity index (χ4v) is 3.23. The van der Waals surface area contributed by atoms with Crippen LogP contribution in [0.5, 0.6) is 5.75 Å². The number of rotatable bonds is 6. The van der Waals surface area contributed by atoms with Gasteiger partial charge in [0, 0.05) is 38.8 Å². The summed E-state index contributed by atoms with van der Waals surface area (Å²) in [6.45, 7) is 2.16. The Labute approximate surface area is 154 Å². The normalized spacial score (nSPS) is 19.3. The van der Waals surface area contributed by atoms with E-state index in [1.165, 1.54) is 0 Å². The number of amides is 1. The van der Waals surface area contributed by atoms with Gasteiger partial charge in [0.1, 0.15) is 5.75 Å². The molecule has 1 amide bonds. The summed E-state index contributed by atoms with van der Waals surface area (Å²) in [5.41, 5.74) is 2.28. The second-order valence-electron chi connectivity index (χ2n) is 6.21. The van der Waals surface area contributed by atoms with Crippen molar-refractivity contribution in [2.24, 2.45) is 13.0 Å². The number of nitrogens with one attached hydrogen (secondary N) is 2.